The molecule has 0 saturated carbocycles. The van der Waals surface area contributed by atoms with Gasteiger partial charge in [-0.3, -0.25) is 9.59 Å². The van der Waals surface area contributed by atoms with E-state index in [0.717, 1.165) is 24.3 Å². The largest absolute Gasteiger partial charge is 0.497 e. The van der Waals surface area contributed by atoms with Crippen molar-refractivity contribution in [1.82, 2.24) is 10.6 Å². The van der Waals surface area contributed by atoms with Crippen LogP contribution in [0.15, 0.2) is 36.4 Å². The lowest BCUT2D eigenvalue weighted by Gasteiger charge is -2.47. The number of fused-ring (bicyclic) bond motifs is 1. The van der Waals surface area contributed by atoms with Crippen LogP contribution in [-0.4, -0.2) is 54.3 Å². The van der Waals surface area contributed by atoms with Gasteiger partial charge in [0, 0.05) is 22.8 Å². The Bertz CT molecular complexity index is 954. The third-order valence-corrected chi connectivity index (χ3v) is 7.32. The molecule has 3 fully saturated rings. The van der Waals surface area contributed by atoms with E-state index < -0.39 is 17.4 Å². The molecule has 0 aliphatic carbocycles. The van der Waals surface area contributed by atoms with Crippen LogP contribution in [0.25, 0.3) is 0 Å². The van der Waals surface area contributed by atoms with Gasteiger partial charge in [-0.05, 0) is 64.8 Å². The summed E-state index contributed by atoms with van der Waals surface area (Å²) in [5.74, 6) is -0.386. The molecule has 2 N–H and O–H groups in total. The molecule has 1 aromatic rings. The lowest BCUT2D eigenvalue weighted by atomic mass is 9.75. The van der Waals surface area contributed by atoms with Crippen LogP contribution >= 0.6 is 0 Å². The van der Waals surface area contributed by atoms with E-state index in [0.29, 0.717) is 6.54 Å². The Morgan fingerprint density at radius 3 is 2.44 bits per heavy atom. The molecule has 5 rings (SSSR count). The Labute approximate surface area is 189 Å². The van der Waals surface area contributed by atoms with Crippen molar-refractivity contribution in [1.29, 1.82) is 0 Å². The molecular formula is C25H33N3O4. The summed E-state index contributed by atoms with van der Waals surface area (Å²) in [6.07, 6.45) is 5.30. The summed E-state index contributed by atoms with van der Waals surface area (Å²) < 4.78 is 11.5. The second-order valence-corrected chi connectivity index (χ2v) is 11.0. The van der Waals surface area contributed by atoms with Crippen molar-refractivity contribution in [2.45, 2.75) is 69.4 Å². The zero-order valence-electron chi connectivity index (χ0n) is 19.5. The van der Waals surface area contributed by atoms with Crippen LogP contribution < -0.4 is 20.3 Å². The fraction of sp³-hybridized carbons (Fsp3) is 0.600. The van der Waals surface area contributed by atoms with E-state index >= 15 is 0 Å². The number of carbonyl (C=O) groups is 2. The molecule has 4 aliphatic heterocycles. The summed E-state index contributed by atoms with van der Waals surface area (Å²) >= 11 is 0. The van der Waals surface area contributed by atoms with Crippen molar-refractivity contribution in [3.05, 3.63) is 36.4 Å². The van der Waals surface area contributed by atoms with Crippen LogP contribution in [0.2, 0.25) is 0 Å². The molecule has 7 heteroatoms. The molecule has 2 bridgehead atoms. The van der Waals surface area contributed by atoms with Crippen molar-refractivity contribution in [3.8, 4) is 5.75 Å². The SMILES string of the molecule is COc1ccc(N2C[C@]34C=C[C@@H](O3)C(C(=O)NC3CC(C)(C)NC(C)(C)C3)[C@H]4C2=O)cc1. The lowest BCUT2D eigenvalue weighted by Crippen LogP contribution is -2.62. The summed E-state index contributed by atoms with van der Waals surface area (Å²) in [6.45, 7) is 9.09. The molecule has 32 heavy (non-hydrogen) atoms. The predicted octanol–water partition coefficient (Wildman–Crippen LogP) is 2.41. The lowest BCUT2D eigenvalue weighted by molar-refractivity contribution is -0.132. The van der Waals surface area contributed by atoms with Crippen LogP contribution in [0, 0.1) is 11.8 Å². The third kappa shape index (κ3) is 3.42. The number of piperidine rings is 1. The number of ether oxygens (including phenoxy) is 2. The molecule has 4 heterocycles. The number of amides is 2. The Balaban J connectivity index is 1.36. The number of nitrogens with one attached hydrogen (secondary N) is 2. The molecule has 2 amide bonds. The van der Waals surface area contributed by atoms with Gasteiger partial charge in [0.25, 0.3) is 0 Å². The molecule has 1 aromatic carbocycles. The Morgan fingerprint density at radius 1 is 1.16 bits per heavy atom. The molecule has 7 nitrogen and oxygen atoms in total. The van der Waals surface area contributed by atoms with Crippen molar-refractivity contribution >= 4 is 17.5 Å². The normalized spacial score (nSPS) is 34.6. The molecule has 4 atom stereocenters. The second-order valence-electron chi connectivity index (χ2n) is 11.0. The topological polar surface area (TPSA) is 79.9 Å². The van der Waals surface area contributed by atoms with Gasteiger partial charge in [0.2, 0.25) is 11.8 Å². The van der Waals surface area contributed by atoms with Crippen LogP contribution in [0.3, 0.4) is 0 Å². The number of methoxy groups -OCH3 is 1. The van der Waals surface area contributed by atoms with Crippen molar-refractivity contribution in [2.24, 2.45) is 11.8 Å². The van der Waals surface area contributed by atoms with Gasteiger partial charge in [0.1, 0.15) is 11.4 Å². The summed E-state index contributed by atoms with van der Waals surface area (Å²) in [5.41, 5.74) is -0.0714. The molecule has 1 spiro atoms. The Hall–Kier alpha value is -2.38. The first-order valence-corrected chi connectivity index (χ1v) is 11.4. The van der Waals surface area contributed by atoms with E-state index in [1.807, 2.05) is 36.4 Å². The number of hydrogen-bond donors (Lipinski definition) is 2. The van der Waals surface area contributed by atoms with E-state index in [1.165, 1.54) is 0 Å². The van der Waals surface area contributed by atoms with E-state index in [2.05, 4.69) is 38.3 Å². The number of hydrogen-bond acceptors (Lipinski definition) is 5. The maximum Gasteiger partial charge on any atom is 0.234 e. The van der Waals surface area contributed by atoms with Gasteiger partial charge >= 0.3 is 0 Å². The van der Waals surface area contributed by atoms with Gasteiger partial charge in [-0.25, -0.2) is 0 Å². The van der Waals surface area contributed by atoms with Crippen LogP contribution in [0.1, 0.15) is 40.5 Å². The molecule has 1 unspecified atom stereocenters. The second kappa shape index (κ2) is 7.06. The highest BCUT2D eigenvalue weighted by Gasteiger charge is 2.67. The van der Waals surface area contributed by atoms with Gasteiger partial charge in [-0.2, -0.15) is 0 Å². The van der Waals surface area contributed by atoms with Crippen LogP contribution in [-0.2, 0) is 14.3 Å². The summed E-state index contributed by atoms with van der Waals surface area (Å²) in [4.78, 5) is 28.8. The Morgan fingerprint density at radius 2 is 1.81 bits per heavy atom. The molecule has 4 aliphatic rings. The Kier molecular flexibility index (Phi) is 4.73. The van der Waals surface area contributed by atoms with Gasteiger partial charge < -0.3 is 25.0 Å². The van der Waals surface area contributed by atoms with Crippen LogP contribution in [0.5, 0.6) is 5.75 Å². The minimum atomic E-state index is -0.726. The zero-order valence-corrected chi connectivity index (χ0v) is 19.5. The van der Waals surface area contributed by atoms with E-state index in [9.17, 15) is 9.59 Å². The first-order chi connectivity index (χ1) is 15.0. The highest BCUT2D eigenvalue weighted by molar-refractivity contribution is 6.03. The number of nitrogens with zero attached hydrogens (tertiary/aromatic N) is 1. The number of rotatable bonds is 4. The molecule has 3 saturated heterocycles. The molecule has 172 valence electrons. The number of carbonyl (C=O) groups excluding carboxylic acids is 2. The average molecular weight is 440 g/mol. The molecule has 0 radical (unpaired) electrons. The zero-order chi connectivity index (χ0) is 22.9. The van der Waals surface area contributed by atoms with Gasteiger partial charge in [0.15, 0.2) is 0 Å². The van der Waals surface area contributed by atoms with E-state index in [-0.39, 0.29) is 35.0 Å². The van der Waals surface area contributed by atoms with Crippen molar-refractivity contribution in [2.75, 3.05) is 18.6 Å². The van der Waals surface area contributed by atoms with Crippen molar-refractivity contribution < 1.29 is 19.1 Å². The predicted molar refractivity (Wildman–Crippen MR) is 122 cm³/mol. The smallest absolute Gasteiger partial charge is 0.234 e. The highest BCUT2D eigenvalue weighted by Crippen LogP contribution is 2.52. The quantitative estimate of drug-likeness (QED) is 0.705. The molecule has 0 aromatic heterocycles. The van der Waals surface area contributed by atoms with Crippen LogP contribution in [0.4, 0.5) is 5.69 Å². The first-order valence-electron chi connectivity index (χ1n) is 11.4. The number of anilines is 1. The summed E-state index contributed by atoms with van der Waals surface area (Å²) in [5, 5.41) is 6.93. The fourth-order valence-corrected chi connectivity index (χ4v) is 6.50. The third-order valence-electron chi connectivity index (χ3n) is 7.32. The summed E-state index contributed by atoms with van der Waals surface area (Å²) in [7, 11) is 1.62. The van der Waals surface area contributed by atoms with Gasteiger partial charge in [-0.15, -0.1) is 0 Å². The van der Waals surface area contributed by atoms with Gasteiger partial charge in [0.05, 0.1) is 31.6 Å². The van der Waals surface area contributed by atoms with E-state index in [1.54, 1.807) is 12.0 Å². The monoisotopic (exact) mass is 439 g/mol. The number of benzene rings is 1. The first kappa shape index (κ1) is 21.5. The minimum Gasteiger partial charge on any atom is -0.497 e. The minimum absolute atomic E-state index is 0.0480. The van der Waals surface area contributed by atoms with Crippen molar-refractivity contribution in [3.63, 3.8) is 0 Å². The standard InChI is InChI=1S/C25H33N3O4/c1-23(2)12-15(13-24(3,4)27-23)26-21(29)19-18-10-11-25(32-18)14-28(22(30)20(19)25)16-6-8-17(31-5)9-7-16/h6-11,15,18-20,27H,12-14H2,1-5H3,(H,26,29)/t18-,19?,20+,25+/m1/s1. The maximum absolute atomic E-state index is 13.5. The van der Waals surface area contributed by atoms with Gasteiger partial charge in [-0.1, -0.05) is 12.2 Å². The average Bonchev–Trinajstić information content (AvgIpc) is 3.34. The van der Waals surface area contributed by atoms with E-state index in [4.69, 9.17) is 9.47 Å². The maximum atomic E-state index is 13.5. The molecular weight excluding hydrogens is 406 g/mol. The summed E-state index contributed by atoms with van der Waals surface area (Å²) in [6, 6.07) is 7.49. The fourth-order valence-electron chi connectivity index (χ4n) is 6.50. The highest BCUT2D eigenvalue weighted by atomic mass is 16.5.